The zero-order valence-electron chi connectivity index (χ0n) is 4.24. The molecule has 0 aliphatic rings. The van der Waals surface area contributed by atoms with Crippen LogP contribution in [-0.4, -0.2) is 16.3 Å². The maximum absolute atomic E-state index is 9.58. The van der Waals surface area contributed by atoms with E-state index < -0.39 is 14.5 Å². The average molecular weight is 216 g/mol. The summed E-state index contributed by atoms with van der Waals surface area (Å²) >= 11 is 0. The maximum Gasteiger partial charge on any atom is 0.697 e. The molecule has 0 amide bonds. The summed E-state index contributed by atoms with van der Waals surface area (Å²) in [7, 11) is -2.64. The third-order valence-corrected chi connectivity index (χ3v) is 0.728. The Balaban J connectivity index is 0. The molecule has 2 atom stereocenters. The van der Waals surface area contributed by atoms with Gasteiger partial charge in [-0.3, -0.25) is 0 Å². The van der Waals surface area contributed by atoms with Crippen LogP contribution < -0.4 is 0 Å². The summed E-state index contributed by atoms with van der Waals surface area (Å²) in [6.45, 7) is 1.25. The van der Waals surface area contributed by atoms with Gasteiger partial charge in [0.25, 0.3) is 0 Å². The van der Waals surface area contributed by atoms with Crippen molar-refractivity contribution < 1.29 is 45.3 Å². The van der Waals surface area contributed by atoms with Gasteiger partial charge in [0.05, 0.1) is 0 Å². The Kier molecular flexibility index (Phi) is 8.71. The van der Waals surface area contributed by atoms with Crippen LogP contribution in [0.2, 0.25) is 0 Å². The molecule has 0 saturated heterocycles. The molecule has 46 valence electrons. The van der Waals surface area contributed by atoms with Crippen molar-refractivity contribution >= 4 is 8.25 Å². The normalized spacial score (nSPS) is 14.1. The third kappa shape index (κ3) is 9.98. The van der Waals surface area contributed by atoms with Gasteiger partial charge in [0.2, 0.25) is 6.29 Å². The van der Waals surface area contributed by atoms with Crippen LogP contribution in [0.1, 0.15) is 6.92 Å². The topological polar surface area (TPSA) is 66.8 Å². The molecule has 0 radical (unpaired) electrons. The predicted octanol–water partition coefficient (Wildman–Crippen LogP) is -0.0115. The minimum atomic E-state index is -2.64. The van der Waals surface area contributed by atoms with Crippen LogP contribution in [0.3, 0.4) is 0 Å². The number of aliphatic hydroxyl groups is 1. The summed E-state index contributed by atoms with van der Waals surface area (Å²) in [6, 6.07) is 0. The number of rotatable bonds is 2. The minimum Gasteiger partial charge on any atom is -0.364 e. The molecule has 0 saturated carbocycles. The summed E-state index contributed by atoms with van der Waals surface area (Å²) in [6.07, 6.45) is -1.16. The van der Waals surface area contributed by atoms with Gasteiger partial charge in [-0.25, -0.2) is 0 Å². The van der Waals surface area contributed by atoms with Crippen LogP contribution in [0.4, 0.5) is 0 Å². The molecule has 0 fully saturated rings. The van der Waals surface area contributed by atoms with E-state index in [0.29, 0.717) is 0 Å². The van der Waals surface area contributed by atoms with Crippen molar-refractivity contribution in [2.24, 2.45) is 0 Å². The van der Waals surface area contributed by atoms with Crippen molar-refractivity contribution in [3.63, 3.8) is 0 Å². The van der Waals surface area contributed by atoms with E-state index in [1.165, 1.54) is 6.92 Å². The largest absolute Gasteiger partial charge is 0.697 e. The molecule has 2 unspecified atom stereocenters. The second kappa shape index (κ2) is 5.99. The van der Waals surface area contributed by atoms with Crippen LogP contribution >= 0.6 is 8.25 Å². The predicted molar refractivity (Wildman–Crippen MR) is 22.6 cm³/mol. The van der Waals surface area contributed by atoms with Gasteiger partial charge >= 0.3 is 8.25 Å². The van der Waals surface area contributed by atoms with E-state index in [9.17, 15) is 4.57 Å². The van der Waals surface area contributed by atoms with E-state index >= 15 is 0 Å². The van der Waals surface area contributed by atoms with Crippen LogP contribution in [0.5, 0.6) is 0 Å². The van der Waals surface area contributed by atoms with Crippen LogP contribution in [0.15, 0.2) is 0 Å². The molecule has 0 aromatic heterocycles. The van der Waals surface area contributed by atoms with Crippen molar-refractivity contribution in [2.45, 2.75) is 13.2 Å². The average Bonchev–Trinajstić information content (AvgIpc) is 1.27. The van der Waals surface area contributed by atoms with Crippen LogP contribution in [-0.2, 0) is 35.3 Å². The monoisotopic (exact) mass is 215 g/mol. The van der Waals surface area contributed by atoms with E-state index in [0.717, 1.165) is 0 Å². The van der Waals surface area contributed by atoms with Crippen molar-refractivity contribution in [3.8, 4) is 0 Å². The molecule has 0 bridgehead atoms. The Labute approximate surface area is 66.9 Å². The molecule has 0 spiro atoms. The second-order valence-corrected chi connectivity index (χ2v) is 1.63. The smallest absolute Gasteiger partial charge is 0.364 e. The summed E-state index contributed by atoms with van der Waals surface area (Å²) in [5.74, 6) is 0. The van der Waals surface area contributed by atoms with E-state index in [1.54, 1.807) is 0 Å². The summed E-state index contributed by atoms with van der Waals surface area (Å²) < 4.78 is 13.4. The fourth-order valence-electron chi connectivity index (χ4n) is 0.131. The zero-order chi connectivity index (χ0) is 5.86. The summed E-state index contributed by atoms with van der Waals surface area (Å²) in [4.78, 5) is 7.85. The standard InChI is InChI=1S/C2H5O4P.Zr/c1-2(3)6-7(4)5;/h2-3H,1H3;/p+1. The summed E-state index contributed by atoms with van der Waals surface area (Å²) in [5.41, 5.74) is 0. The van der Waals surface area contributed by atoms with E-state index in [1.807, 2.05) is 0 Å². The molecule has 4 nitrogen and oxygen atoms in total. The molecule has 8 heavy (non-hydrogen) atoms. The van der Waals surface area contributed by atoms with Crippen LogP contribution in [0, 0.1) is 0 Å². The van der Waals surface area contributed by atoms with Crippen molar-refractivity contribution in [1.82, 2.24) is 0 Å². The van der Waals surface area contributed by atoms with Gasteiger partial charge in [-0.05, 0) is 6.92 Å². The van der Waals surface area contributed by atoms with E-state index in [2.05, 4.69) is 4.52 Å². The fourth-order valence-corrected chi connectivity index (χ4v) is 0.392. The number of hydrogen-bond donors (Lipinski definition) is 2. The fraction of sp³-hybridized carbons (Fsp3) is 1.00. The molecule has 0 heterocycles. The molecule has 6 heteroatoms. The maximum atomic E-state index is 9.58. The molecule has 0 aliphatic heterocycles. The quantitative estimate of drug-likeness (QED) is 0.503. The molecular weight excluding hydrogens is 210 g/mol. The third-order valence-electron chi connectivity index (χ3n) is 0.243. The van der Waals surface area contributed by atoms with Crippen LogP contribution in [0.25, 0.3) is 0 Å². The van der Waals surface area contributed by atoms with E-state index in [-0.39, 0.29) is 26.2 Å². The summed E-state index contributed by atoms with van der Waals surface area (Å²) in [5, 5.41) is 8.16. The number of aliphatic hydroxyl groups excluding tert-OH is 1. The van der Waals surface area contributed by atoms with Gasteiger partial charge in [0, 0.05) is 30.8 Å². The Morgan fingerprint density at radius 2 is 2.12 bits per heavy atom. The van der Waals surface area contributed by atoms with Gasteiger partial charge in [-0.1, -0.05) is 4.52 Å². The second-order valence-electron chi connectivity index (χ2n) is 0.943. The first-order valence-corrected chi connectivity index (χ1v) is 2.77. The Morgan fingerprint density at radius 3 is 2.12 bits per heavy atom. The van der Waals surface area contributed by atoms with E-state index in [4.69, 9.17) is 10.00 Å². The Bertz CT molecular complexity index is 74.4. The van der Waals surface area contributed by atoms with Gasteiger partial charge in [0.1, 0.15) is 0 Å². The van der Waals surface area contributed by atoms with Crippen molar-refractivity contribution in [2.75, 3.05) is 0 Å². The number of hydrogen-bond acceptors (Lipinski definition) is 3. The first kappa shape index (κ1) is 11.6. The van der Waals surface area contributed by atoms with Crippen molar-refractivity contribution in [1.29, 1.82) is 0 Å². The zero-order valence-corrected chi connectivity index (χ0v) is 7.59. The Morgan fingerprint density at radius 1 is 1.75 bits per heavy atom. The first-order valence-electron chi connectivity index (χ1n) is 1.64. The molecule has 0 aromatic carbocycles. The van der Waals surface area contributed by atoms with Gasteiger partial charge < -0.3 is 5.11 Å². The molecule has 0 aliphatic carbocycles. The molecular formula is C2H6O4PZr+. The van der Waals surface area contributed by atoms with Crippen molar-refractivity contribution in [3.05, 3.63) is 0 Å². The van der Waals surface area contributed by atoms with Gasteiger partial charge in [0.15, 0.2) is 0 Å². The van der Waals surface area contributed by atoms with Gasteiger partial charge in [-0.15, -0.1) is 4.89 Å². The SMILES string of the molecule is CC(O)O[P+](=O)O.[Zr]. The van der Waals surface area contributed by atoms with Gasteiger partial charge in [-0.2, -0.15) is 0 Å². The first-order chi connectivity index (χ1) is 3.13. The Hall–Kier alpha value is 0.863. The molecule has 0 rings (SSSR count). The molecule has 2 N–H and O–H groups in total. The molecule has 0 aromatic rings. The minimum absolute atomic E-state index is 0.